The summed E-state index contributed by atoms with van der Waals surface area (Å²) >= 11 is 5.88. The molecule has 1 atom stereocenters. The molecule has 3 amide bonds. The van der Waals surface area contributed by atoms with Crippen LogP contribution in [0.3, 0.4) is 0 Å². The number of carbonyl (C=O) groups is 3. The van der Waals surface area contributed by atoms with Crippen molar-refractivity contribution in [3.8, 4) is 5.75 Å². The Kier molecular flexibility index (Phi) is 6.09. The molecule has 32 heavy (non-hydrogen) atoms. The second kappa shape index (κ2) is 9.11. The number of fused-ring (bicyclic) bond motifs is 1. The number of methoxy groups -OCH3 is 1. The highest BCUT2D eigenvalue weighted by Gasteiger charge is 2.38. The van der Waals surface area contributed by atoms with E-state index in [-0.39, 0.29) is 12.3 Å². The lowest BCUT2D eigenvalue weighted by atomic mass is 10.0. The van der Waals surface area contributed by atoms with Crippen molar-refractivity contribution in [3.63, 3.8) is 0 Å². The van der Waals surface area contributed by atoms with E-state index >= 15 is 0 Å². The van der Waals surface area contributed by atoms with Crippen LogP contribution in [-0.2, 0) is 9.59 Å². The SMILES string of the molecule is COc1ccc(C(=O)N2c3ccccc3NC(=O)C2CC(=O)Nc2ccc(Cl)cc2)cc1. The first-order chi connectivity index (χ1) is 15.5. The fourth-order valence-electron chi connectivity index (χ4n) is 3.52. The quantitative estimate of drug-likeness (QED) is 0.606. The molecule has 1 heterocycles. The van der Waals surface area contributed by atoms with Gasteiger partial charge in [0.15, 0.2) is 0 Å². The van der Waals surface area contributed by atoms with E-state index in [1.54, 1.807) is 72.8 Å². The predicted molar refractivity (Wildman–Crippen MR) is 123 cm³/mol. The maximum absolute atomic E-state index is 13.5. The molecule has 8 heteroatoms. The smallest absolute Gasteiger partial charge is 0.259 e. The molecule has 0 saturated carbocycles. The van der Waals surface area contributed by atoms with Crippen LogP contribution in [0, 0.1) is 0 Å². The van der Waals surface area contributed by atoms with Crippen molar-refractivity contribution in [2.75, 3.05) is 22.6 Å². The van der Waals surface area contributed by atoms with Gasteiger partial charge in [-0.1, -0.05) is 23.7 Å². The van der Waals surface area contributed by atoms with E-state index < -0.39 is 17.9 Å². The van der Waals surface area contributed by atoms with Crippen molar-refractivity contribution < 1.29 is 19.1 Å². The van der Waals surface area contributed by atoms with Crippen LogP contribution in [0.15, 0.2) is 72.8 Å². The molecule has 7 nitrogen and oxygen atoms in total. The number of rotatable bonds is 5. The molecule has 3 aromatic carbocycles. The van der Waals surface area contributed by atoms with E-state index in [2.05, 4.69) is 10.6 Å². The Morgan fingerprint density at radius 3 is 2.41 bits per heavy atom. The highest BCUT2D eigenvalue weighted by Crippen LogP contribution is 2.34. The van der Waals surface area contributed by atoms with Gasteiger partial charge in [0.05, 0.1) is 24.9 Å². The molecule has 0 saturated heterocycles. The van der Waals surface area contributed by atoms with Gasteiger partial charge in [0.1, 0.15) is 11.8 Å². The zero-order chi connectivity index (χ0) is 22.7. The van der Waals surface area contributed by atoms with Gasteiger partial charge >= 0.3 is 0 Å². The number of anilines is 3. The summed E-state index contributed by atoms with van der Waals surface area (Å²) in [5.74, 6) is -0.618. The number of ether oxygens (including phenoxy) is 1. The van der Waals surface area contributed by atoms with Crippen LogP contribution in [0.1, 0.15) is 16.8 Å². The second-order valence-corrected chi connectivity index (χ2v) is 7.62. The highest BCUT2D eigenvalue weighted by molar-refractivity contribution is 6.30. The van der Waals surface area contributed by atoms with Gasteiger partial charge in [-0.05, 0) is 60.7 Å². The molecular weight excluding hydrogens is 430 g/mol. The van der Waals surface area contributed by atoms with E-state index in [0.717, 1.165) is 0 Å². The number of para-hydroxylation sites is 2. The van der Waals surface area contributed by atoms with Crippen molar-refractivity contribution in [2.24, 2.45) is 0 Å². The summed E-state index contributed by atoms with van der Waals surface area (Å²) in [6, 6.07) is 19.2. The van der Waals surface area contributed by atoms with Crippen LogP contribution in [0.5, 0.6) is 5.75 Å². The minimum atomic E-state index is -1.02. The van der Waals surface area contributed by atoms with E-state index in [1.165, 1.54) is 12.0 Å². The van der Waals surface area contributed by atoms with Gasteiger partial charge < -0.3 is 15.4 Å². The standard InChI is InChI=1S/C24H20ClN3O4/c1-32-18-12-6-15(7-13-18)24(31)28-20-5-3-2-4-19(20)27-23(30)21(28)14-22(29)26-17-10-8-16(25)9-11-17/h2-13,21H,14H2,1H3,(H,26,29)(H,27,30). The van der Waals surface area contributed by atoms with Gasteiger partial charge in [-0.2, -0.15) is 0 Å². The van der Waals surface area contributed by atoms with Crippen LogP contribution in [0.25, 0.3) is 0 Å². The Morgan fingerprint density at radius 2 is 1.72 bits per heavy atom. The van der Waals surface area contributed by atoms with Crippen molar-refractivity contribution in [1.29, 1.82) is 0 Å². The van der Waals surface area contributed by atoms with Gasteiger partial charge in [-0.3, -0.25) is 19.3 Å². The van der Waals surface area contributed by atoms with Crippen LogP contribution >= 0.6 is 11.6 Å². The average molecular weight is 450 g/mol. The Morgan fingerprint density at radius 1 is 1.03 bits per heavy atom. The molecule has 0 fully saturated rings. The Hall–Kier alpha value is -3.84. The molecule has 0 spiro atoms. The summed E-state index contributed by atoms with van der Waals surface area (Å²) < 4.78 is 5.16. The maximum atomic E-state index is 13.5. The number of hydrogen-bond acceptors (Lipinski definition) is 4. The Labute approximate surface area is 189 Å². The summed E-state index contributed by atoms with van der Waals surface area (Å²) in [6.07, 6.45) is -0.218. The topological polar surface area (TPSA) is 87.7 Å². The summed E-state index contributed by atoms with van der Waals surface area (Å²) in [7, 11) is 1.54. The number of amides is 3. The molecule has 4 rings (SSSR count). The highest BCUT2D eigenvalue weighted by atomic mass is 35.5. The fraction of sp³-hybridized carbons (Fsp3) is 0.125. The van der Waals surface area contributed by atoms with Crippen LogP contribution in [-0.4, -0.2) is 30.9 Å². The number of hydrogen-bond donors (Lipinski definition) is 2. The fourth-order valence-corrected chi connectivity index (χ4v) is 3.65. The third-order valence-electron chi connectivity index (χ3n) is 5.10. The lowest BCUT2D eigenvalue weighted by Gasteiger charge is -2.36. The first kappa shape index (κ1) is 21.4. The predicted octanol–water partition coefficient (Wildman–Crippen LogP) is 4.34. The van der Waals surface area contributed by atoms with Crippen LogP contribution in [0.4, 0.5) is 17.1 Å². The molecular formula is C24H20ClN3O4. The molecule has 3 aromatic rings. The number of halogens is 1. The number of benzene rings is 3. The first-order valence-corrected chi connectivity index (χ1v) is 10.3. The van der Waals surface area contributed by atoms with Crippen molar-refractivity contribution in [2.45, 2.75) is 12.5 Å². The van der Waals surface area contributed by atoms with E-state index in [0.29, 0.717) is 33.4 Å². The zero-order valence-electron chi connectivity index (χ0n) is 17.2. The van der Waals surface area contributed by atoms with Gasteiger partial charge in [0, 0.05) is 16.3 Å². The van der Waals surface area contributed by atoms with Crippen molar-refractivity contribution in [3.05, 3.63) is 83.4 Å². The summed E-state index contributed by atoms with van der Waals surface area (Å²) in [5.41, 5.74) is 1.95. The van der Waals surface area contributed by atoms with Crippen molar-refractivity contribution >= 4 is 46.4 Å². The first-order valence-electron chi connectivity index (χ1n) is 9.89. The molecule has 0 aliphatic carbocycles. The molecule has 0 aromatic heterocycles. The van der Waals surface area contributed by atoms with Gasteiger partial charge in [0.2, 0.25) is 11.8 Å². The normalized spacial score (nSPS) is 14.9. The molecule has 1 aliphatic rings. The van der Waals surface area contributed by atoms with Gasteiger partial charge in [-0.15, -0.1) is 0 Å². The minimum Gasteiger partial charge on any atom is -0.497 e. The minimum absolute atomic E-state index is 0.218. The summed E-state index contributed by atoms with van der Waals surface area (Å²) in [5, 5.41) is 6.08. The third kappa shape index (κ3) is 4.43. The van der Waals surface area contributed by atoms with Crippen LogP contribution in [0.2, 0.25) is 5.02 Å². The molecule has 1 unspecified atom stereocenters. The number of nitrogens with one attached hydrogen (secondary N) is 2. The van der Waals surface area contributed by atoms with E-state index in [4.69, 9.17) is 16.3 Å². The average Bonchev–Trinajstić information content (AvgIpc) is 2.80. The van der Waals surface area contributed by atoms with E-state index in [1.807, 2.05) is 0 Å². The molecule has 162 valence electrons. The molecule has 0 radical (unpaired) electrons. The summed E-state index contributed by atoms with van der Waals surface area (Å²) in [6.45, 7) is 0. The largest absolute Gasteiger partial charge is 0.497 e. The zero-order valence-corrected chi connectivity index (χ0v) is 17.9. The van der Waals surface area contributed by atoms with Gasteiger partial charge in [0.25, 0.3) is 5.91 Å². The molecule has 0 bridgehead atoms. The second-order valence-electron chi connectivity index (χ2n) is 7.19. The number of nitrogens with zero attached hydrogens (tertiary/aromatic N) is 1. The molecule has 1 aliphatic heterocycles. The van der Waals surface area contributed by atoms with E-state index in [9.17, 15) is 14.4 Å². The maximum Gasteiger partial charge on any atom is 0.259 e. The lowest BCUT2D eigenvalue weighted by molar-refractivity contribution is -0.122. The Balaban J connectivity index is 1.64. The van der Waals surface area contributed by atoms with Crippen molar-refractivity contribution in [1.82, 2.24) is 0 Å². The monoisotopic (exact) mass is 449 g/mol. The lowest BCUT2D eigenvalue weighted by Crippen LogP contribution is -2.52. The molecule has 2 N–H and O–H groups in total. The summed E-state index contributed by atoms with van der Waals surface area (Å²) in [4.78, 5) is 40.5. The third-order valence-corrected chi connectivity index (χ3v) is 5.35. The van der Waals surface area contributed by atoms with Crippen LogP contribution < -0.4 is 20.3 Å². The number of carbonyl (C=O) groups excluding carboxylic acids is 3. The van der Waals surface area contributed by atoms with Gasteiger partial charge in [-0.25, -0.2) is 0 Å². The Bertz CT molecular complexity index is 1160.